The first-order valence-corrected chi connectivity index (χ1v) is 6.10. The summed E-state index contributed by atoms with van der Waals surface area (Å²) in [5.74, 6) is -0.884. The monoisotopic (exact) mass is 269 g/mol. The lowest BCUT2D eigenvalue weighted by molar-refractivity contribution is -0.137. The summed E-state index contributed by atoms with van der Waals surface area (Å²) in [7, 11) is 0. The first-order valence-electron chi connectivity index (χ1n) is 5.72. The number of nitrogens with one attached hydrogen (secondary N) is 1. The van der Waals surface area contributed by atoms with Crippen LogP contribution in [0.5, 0.6) is 0 Å². The lowest BCUT2D eigenvalue weighted by Gasteiger charge is -2.07. The molecule has 0 spiro atoms. The molecule has 0 heterocycles. The Bertz CT molecular complexity index is 446. The first kappa shape index (κ1) is 14.5. The van der Waals surface area contributed by atoms with Gasteiger partial charge in [-0.25, -0.2) is 0 Å². The molecule has 0 aliphatic heterocycles. The number of carbonyl (C=O) groups is 2. The minimum atomic E-state index is -0.798. The van der Waals surface area contributed by atoms with Gasteiger partial charge in [-0.2, -0.15) is 0 Å². The molecule has 0 radical (unpaired) electrons. The maximum atomic E-state index is 10.8. The molecule has 1 aromatic carbocycles. The van der Waals surface area contributed by atoms with Crippen LogP contribution in [0.1, 0.15) is 30.9 Å². The minimum Gasteiger partial charge on any atom is -0.481 e. The molecule has 0 saturated carbocycles. The Morgan fingerprint density at radius 1 is 1.39 bits per heavy atom. The lowest BCUT2D eigenvalue weighted by Crippen LogP contribution is -2.18. The highest BCUT2D eigenvalue weighted by atomic mass is 35.5. The van der Waals surface area contributed by atoms with Gasteiger partial charge in [-0.15, -0.1) is 0 Å². The zero-order valence-corrected chi connectivity index (χ0v) is 11.0. The summed E-state index contributed by atoms with van der Waals surface area (Å²) >= 11 is 6.10. The summed E-state index contributed by atoms with van der Waals surface area (Å²) in [6.07, 6.45) is 1.36. The summed E-state index contributed by atoms with van der Waals surface area (Å²) < 4.78 is 0. The van der Waals surface area contributed by atoms with E-state index in [1.807, 2.05) is 12.1 Å². The summed E-state index contributed by atoms with van der Waals surface area (Å²) in [4.78, 5) is 21.2. The second-order valence-corrected chi connectivity index (χ2v) is 4.49. The number of aryl methyl sites for hydroxylation is 1. The van der Waals surface area contributed by atoms with Crippen molar-refractivity contribution in [3.05, 3.63) is 34.3 Å². The summed E-state index contributed by atoms with van der Waals surface area (Å²) in [6, 6.07) is 5.56. The van der Waals surface area contributed by atoms with Gasteiger partial charge >= 0.3 is 5.97 Å². The highest BCUT2D eigenvalue weighted by Crippen LogP contribution is 2.20. The molecular formula is C13H16ClNO3. The van der Waals surface area contributed by atoms with Crippen LogP contribution < -0.4 is 5.32 Å². The minimum absolute atomic E-state index is 0.0864. The van der Waals surface area contributed by atoms with Gasteiger partial charge in [0.2, 0.25) is 5.91 Å². The van der Waals surface area contributed by atoms with E-state index in [4.69, 9.17) is 16.7 Å². The number of halogens is 1. The largest absolute Gasteiger partial charge is 0.481 e. The Labute approximate surface area is 111 Å². The topological polar surface area (TPSA) is 66.4 Å². The van der Waals surface area contributed by atoms with Gasteiger partial charge in [0.1, 0.15) is 0 Å². The summed E-state index contributed by atoms with van der Waals surface area (Å²) in [6.45, 7) is 1.91. The van der Waals surface area contributed by atoms with E-state index in [1.54, 1.807) is 6.07 Å². The van der Waals surface area contributed by atoms with Crippen molar-refractivity contribution in [2.75, 3.05) is 0 Å². The van der Waals surface area contributed by atoms with Crippen LogP contribution in [-0.2, 0) is 22.6 Å². The normalized spacial score (nSPS) is 10.1. The Hall–Kier alpha value is -1.55. The van der Waals surface area contributed by atoms with Crippen molar-refractivity contribution >= 4 is 23.5 Å². The number of aliphatic carboxylic acids is 1. The van der Waals surface area contributed by atoms with Crippen LogP contribution in [0, 0.1) is 0 Å². The Morgan fingerprint density at radius 3 is 2.67 bits per heavy atom. The summed E-state index contributed by atoms with van der Waals surface area (Å²) in [5.41, 5.74) is 1.86. The molecule has 1 aromatic rings. The van der Waals surface area contributed by atoms with Crippen molar-refractivity contribution < 1.29 is 14.7 Å². The second-order valence-electron chi connectivity index (χ2n) is 4.08. The van der Waals surface area contributed by atoms with Crippen molar-refractivity contribution in [2.24, 2.45) is 0 Å². The standard InChI is InChI=1S/C13H16ClNO3/c1-9(16)15-8-10-5-6-11(12(14)7-10)3-2-4-13(17)18/h5-7H,2-4,8H2,1H3,(H,15,16)(H,17,18). The van der Waals surface area contributed by atoms with Crippen LogP contribution in [0.25, 0.3) is 0 Å². The lowest BCUT2D eigenvalue weighted by atomic mass is 10.1. The quantitative estimate of drug-likeness (QED) is 0.833. The Morgan fingerprint density at radius 2 is 2.11 bits per heavy atom. The van der Waals surface area contributed by atoms with Crippen LogP contribution in [0.4, 0.5) is 0 Å². The molecular weight excluding hydrogens is 254 g/mol. The number of amides is 1. The van der Waals surface area contributed by atoms with Crippen LogP contribution in [0.2, 0.25) is 5.02 Å². The number of carboxylic acid groups (broad SMARTS) is 1. The third kappa shape index (κ3) is 5.19. The van der Waals surface area contributed by atoms with E-state index in [-0.39, 0.29) is 12.3 Å². The van der Waals surface area contributed by atoms with E-state index in [0.717, 1.165) is 11.1 Å². The van der Waals surface area contributed by atoms with E-state index < -0.39 is 5.97 Å². The molecule has 4 nitrogen and oxygen atoms in total. The van der Waals surface area contributed by atoms with E-state index in [1.165, 1.54) is 6.92 Å². The van der Waals surface area contributed by atoms with Crippen molar-refractivity contribution in [1.82, 2.24) is 5.32 Å². The zero-order valence-electron chi connectivity index (χ0n) is 10.2. The highest BCUT2D eigenvalue weighted by molar-refractivity contribution is 6.31. The van der Waals surface area contributed by atoms with Crippen molar-refractivity contribution in [2.45, 2.75) is 32.7 Å². The van der Waals surface area contributed by atoms with Gasteiger partial charge in [-0.3, -0.25) is 9.59 Å². The van der Waals surface area contributed by atoms with Crippen molar-refractivity contribution in [1.29, 1.82) is 0 Å². The molecule has 0 aliphatic rings. The molecule has 0 aromatic heterocycles. The molecule has 0 bridgehead atoms. The SMILES string of the molecule is CC(=O)NCc1ccc(CCCC(=O)O)c(Cl)c1. The van der Waals surface area contributed by atoms with Gasteiger partial charge < -0.3 is 10.4 Å². The van der Waals surface area contributed by atoms with E-state index in [9.17, 15) is 9.59 Å². The molecule has 0 unspecified atom stereocenters. The third-order valence-electron chi connectivity index (χ3n) is 2.50. The number of hydrogen-bond donors (Lipinski definition) is 2. The van der Waals surface area contributed by atoms with Crippen molar-refractivity contribution in [3.8, 4) is 0 Å². The second kappa shape index (κ2) is 7.01. The predicted octanol–water partition coefficient (Wildman–Crippen LogP) is 2.38. The molecule has 1 amide bonds. The molecule has 0 aliphatic carbocycles. The molecule has 2 N–H and O–H groups in total. The smallest absolute Gasteiger partial charge is 0.303 e. The number of hydrogen-bond acceptors (Lipinski definition) is 2. The fourth-order valence-electron chi connectivity index (χ4n) is 1.56. The van der Waals surface area contributed by atoms with Gasteiger partial charge in [-0.1, -0.05) is 23.7 Å². The van der Waals surface area contributed by atoms with Crippen molar-refractivity contribution in [3.63, 3.8) is 0 Å². The van der Waals surface area contributed by atoms with E-state index in [2.05, 4.69) is 5.32 Å². The van der Waals surface area contributed by atoms with Gasteiger partial charge in [0, 0.05) is 24.9 Å². The average Bonchev–Trinajstić information content (AvgIpc) is 2.28. The van der Waals surface area contributed by atoms with Gasteiger partial charge in [-0.05, 0) is 30.0 Å². The summed E-state index contributed by atoms with van der Waals surface area (Å²) in [5, 5.41) is 11.9. The maximum absolute atomic E-state index is 10.8. The van der Waals surface area contributed by atoms with E-state index in [0.29, 0.717) is 24.4 Å². The highest BCUT2D eigenvalue weighted by Gasteiger charge is 2.04. The van der Waals surface area contributed by atoms with Crippen LogP contribution in [0.15, 0.2) is 18.2 Å². The number of rotatable bonds is 6. The third-order valence-corrected chi connectivity index (χ3v) is 2.85. The molecule has 5 heteroatoms. The number of carboxylic acids is 1. The fourth-order valence-corrected chi connectivity index (χ4v) is 1.86. The zero-order chi connectivity index (χ0) is 13.5. The van der Waals surface area contributed by atoms with Crippen LogP contribution in [-0.4, -0.2) is 17.0 Å². The van der Waals surface area contributed by atoms with E-state index >= 15 is 0 Å². The first-order chi connectivity index (χ1) is 8.49. The molecule has 1 rings (SSSR count). The molecule has 0 fully saturated rings. The molecule has 0 atom stereocenters. The van der Waals surface area contributed by atoms with Crippen LogP contribution >= 0.6 is 11.6 Å². The van der Waals surface area contributed by atoms with Gasteiger partial charge in [0.15, 0.2) is 0 Å². The molecule has 18 heavy (non-hydrogen) atoms. The number of carbonyl (C=O) groups excluding carboxylic acids is 1. The number of benzene rings is 1. The van der Waals surface area contributed by atoms with Gasteiger partial charge in [0.05, 0.1) is 0 Å². The average molecular weight is 270 g/mol. The maximum Gasteiger partial charge on any atom is 0.303 e. The van der Waals surface area contributed by atoms with Gasteiger partial charge in [0.25, 0.3) is 0 Å². The molecule has 0 saturated heterocycles. The van der Waals surface area contributed by atoms with Crippen LogP contribution in [0.3, 0.4) is 0 Å². The Balaban J connectivity index is 2.56. The Kier molecular flexibility index (Phi) is 5.65. The fraction of sp³-hybridized carbons (Fsp3) is 0.385. The predicted molar refractivity (Wildman–Crippen MR) is 69.5 cm³/mol. The molecule has 98 valence electrons.